The molecule has 23 heavy (non-hydrogen) atoms. The van der Waals surface area contributed by atoms with Crippen molar-refractivity contribution < 1.29 is 4.79 Å². The first-order chi connectivity index (χ1) is 11.1. The van der Waals surface area contributed by atoms with E-state index in [1.54, 1.807) is 11.3 Å². The fraction of sp³-hybridized carbons (Fsp3) is 0.286. The van der Waals surface area contributed by atoms with Gasteiger partial charge in [-0.3, -0.25) is 4.79 Å². The largest absolute Gasteiger partial charge is 0.309 e. The molecule has 3 aromatic heterocycles. The SMILES string of the molecule is Cc1csc(NC(=O)CSc2nnc(Cc3cccs3)n2C)n1. The van der Waals surface area contributed by atoms with E-state index in [0.29, 0.717) is 5.13 Å². The molecule has 120 valence electrons. The maximum Gasteiger partial charge on any atom is 0.236 e. The molecule has 0 aliphatic rings. The Hall–Kier alpha value is -1.71. The van der Waals surface area contributed by atoms with Gasteiger partial charge < -0.3 is 9.88 Å². The number of rotatable bonds is 6. The molecule has 3 aromatic rings. The van der Waals surface area contributed by atoms with Gasteiger partial charge in [0.25, 0.3) is 0 Å². The van der Waals surface area contributed by atoms with Crippen molar-refractivity contribution in [3.05, 3.63) is 39.3 Å². The highest BCUT2D eigenvalue weighted by molar-refractivity contribution is 7.99. The average Bonchev–Trinajstić information content (AvgIpc) is 3.23. The van der Waals surface area contributed by atoms with Crippen LogP contribution in [0, 0.1) is 6.92 Å². The molecule has 3 rings (SSSR count). The number of amides is 1. The Kier molecular flexibility index (Phi) is 5.09. The minimum Gasteiger partial charge on any atom is -0.309 e. The molecule has 1 N–H and O–H groups in total. The number of thiophene rings is 1. The third-order valence-electron chi connectivity index (χ3n) is 3.04. The van der Waals surface area contributed by atoms with Crippen LogP contribution in [0.25, 0.3) is 0 Å². The van der Waals surface area contributed by atoms with Crippen LogP contribution in [-0.2, 0) is 18.3 Å². The number of thiazole rings is 1. The van der Waals surface area contributed by atoms with E-state index in [9.17, 15) is 4.79 Å². The van der Waals surface area contributed by atoms with Crippen molar-refractivity contribution in [2.75, 3.05) is 11.1 Å². The Bertz CT molecular complexity index is 793. The molecule has 1 amide bonds. The molecule has 0 unspecified atom stereocenters. The van der Waals surface area contributed by atoms with Crippen LogP contribution in [0.4, 0.5) is 5.13 Å². The second-order valence-electron chi connectivity index (χ2n) is 4.84. The van der Waals surface area contributed by atoms with E-state index in [1.165, 1.54) is 28.0 Å². The summed E-state index contributed by atoms with van der Waals surface area (Å²) in [5.74, 6) is 1.09. The van der Waals surface area contributed by atoms with Gasteiger partial charge in [-0.05, 0) is 18.4 Å². The number of carbonyl (C=O) groups excluding carboxylic acids is 1. The Morgan fingerprint density at radius 2 is 2.26 bits per heavy atom. The molecular formula is C14H15N5OS3. The van der Waals surface area contributed by atoms with Gasteiger partial charge in [-0.25, -0.2) is 4.98 Å². The molecule has 3 heterocycles. The summed E-state index contributed by atoms with van der Waals surface area (Å²) in [5.41, 5.74) is 0.907. The molecule has 0 radical (unpaired) electrons. The van der Waals surface area contributed by atoms with E-state index in [4.69, 9.17) is 0 Å². The van der Waals surface area contributed by atoms with Crippen molar-refractivity contribution in [3.8, 4) is 0 Å². The van der Waals surface area contributed by atoms with E-state index in [1.807, 2.05) is 35.4 Å². The minimum absolute atomic E-state index is 0.0906. The van der Waals surface area contributed by atoms with Crippen molar-refractivity contribution in [1.82, 2.24) is 19.7 Å². The minimum atomic E-state index is -0.0906. The van der Waals surface area contributed by atoms with Crippen molar-refractivity contribution >= 4 is 45.5 Å². The summed E-state index contributed by atoms with van der Waals surface area (Å²) >= 11 is 4.50. The number of nitrogens with zero attached hydrogens (tertiary/aromatic N) is 4. The predicted molar refractivity (Wildman–Crippen MR) is 94.3 cm³/mol. The number of carbonyl (C=O) groups is 1. The van der Waals surface area contributed by atoms with Gasteiger partial charge in [0.1, 0.15) is 5.82 Å². The highest BCUT2D eigenvalue weighted by atomic mass is 32.2. The van der Waals surface area contributed by atoms with E-state index in [0.717, 1.165) is 23.1 Å². The van der Waals surface area contributed by atoms with Crippen molar-refractivity contribution in [2.45, 2.75) is 18.5 Å². The molecule has 6 nitrogen and oxygen atoms in total. The van der Waals surface area contributed by atoms with E-state index in [2.05, 4.69) is 26.6 Å². The zero-order valence-electron chi connectivity index (χ0n) is 12.6. The van der Waals surface area contributed by atoms with Gasteiger partial charge in [-0.15, -0.1) is 32.9 Å². The predicted octanol–water partition coefficient (Wildman–Crippen LogP) is 2.96. The molecule has 0 aromatic carbocycles. The van der Waals surface area contributed by atoms with Gasteiger partial charge >= 0.3 is 0 Å². The summed E-state index contributed by atoms with van der Waals surface area (Å²) in [6, 6.07) is 4.10. The van der Waals surface area contributed by atoms with Crippen molar-refractivity contribution in [1.29, 1.82) is 0 Å². The van der Waals surface area contributed by atoms with Crippen LogP contribution >= 0.6 is 34.4 Å². The van der Waals surface area contributed by atoms with E-state index >= 15 is 0 Å². The lowest BCUT2D eigenvalue weighted by molar-refractivity contribution is -0.113. The highest BCUT2D eigenvalue weighted by Crippen LogP contribution is 2.20. The molecule has 0 fully saturated rings. The second-order valence-corrected chi connectivity index (χ2v) is 7.68. The Balaban J connectivity index is 1.56. The fourth-order valence-electron chi connectivity index (χ4n) is 1.89. The first kappa shape index (κ1) is 16.2. The van der Waals surface area contributed by atoms with Gasteiger partial charge in [0.15, 0.2) is 10.3 Å². The van der Waals surface area contributed by atoms with Gasteiger partial charge in [-0.1, -0.05) is 17.8 Å². The number of aromatic nitrogens is 4. The lowest BCUT2D eigenvalue weighted by Gasteiger charge is -2.03. The Morgan fingerprint density at radius 3 is 2.96 bits per heavy atom. The van der Waals surface area contributed by atoms with Crippen LogP contribution in [0.2, 0.25) is 0 Å². The van der Waals surface area contributed by atoms with Crippen LogP contribution < -0.4 is 5.32 Å². The lowest BCUT2D eigenvalue weighted by atomic mass is 10.3. The number of aryl methyl sites for hydroxylation is 1. The smallest absolute Gasteiger partial charge is 0.236 e. The number of thioether (sulfide) groups is 1. The molecular weight excluding hydrogens is 350 g/mol. The van der Waals surface area contributed by atoms with Crippen LogP contribution in [0.1, 0.15) is 16.4 Å². The molecule has 0 atom stereocenters. The van der Waals surface area contributed by atoms with Crippen molar-refractivity contribution in [2.24, 2.45) is 7.05 Å². The maximum atomic E-state index is 11.9. The van der Waals surface area contributed by atoms with Gasteiger partial charge in [0.05, 0.1) is 11.4 Å². The lowest BCUT2D eigenvalue weighted by Crippen LogP contribution is -2.14. The summed E-state index contributed by atoms with van der Waals surface area (Å²) < 4.78 is 1.94. The zero-order valence-corrected chi connectivity index (χ0v) is 15.1. The van der Waals surface area contributed by atoms with Crippen LogP contribution in [0.15, 0.2) is 28.0 Å². The third kappa shape index (κ3) is 4.18. The second kappa shape index (κ2) is 7.24. The summed E-state index contributed by atoms with van der Waals surface area (Å²) in [4.78, 5) is 17.4. The summed E-state index contributed by atoms with van der Waals surface area (Å²) in [6.45, 7) is 1.90. The standard InChI is InChI=1S/C14H15N5OS3/c1-9-7-22-13(15-9)16-12(20)8-23-14-18-17-11(19(14)2)6-10-4-3-5-21-10/h3-5,7H,6,8H2,1-2H3,(H,15,16,20). The number of hydrogen-bond donors (Lipinski definition) is 1. The van der Waals surface area contributed by atoms with E-state index in [-0.39, 0.29) is 11.7 Å². The molecule has 0 bridgehead atoms. The summed E-state index contributed by atoms with van der Waals surface area (Å²) in [6.07, 6.45) is 0.756. The van der Waals surface area contributed by atoms with Crippen molar-refractivity contribution in [3.63, 3.8) is 0 Å². The average molecular weight is 366 g/mol. The van der Waals surface area contributed by atoms with Crippen LogP contribution in [0.5, 0.6) is 0 Å². The number of hydrogen-bond acceptors (Lipinski definition) is 7. The fourth-order valence-corrected chi connectivity index (χ4v) is 4.03. The zero-order chi connectivity index (χ0) is 16.2. The number of nitrogens with one attached hydrogen (secondary N) is 1. The molecule has 0 saturated heterocycles. The van der Waals surface area contributed by atoms with E-state index < -0.39 is 0 Å². The van der Waals surface area contributed by atoms with Gasteiger partial charge in [0.2, 0.25) is 5.91 Å². The number of anilines is 1. The Morgan fingerprint density at radius 1 is 1.39 bits per heavy atom. The van der Waals surface area contributed by atoms with Gasteiger partial charge in [0, 0.05) is 23.7 Å². The van der Waals surface area contributed by atoms with Crippen LogP contribution in [0.3, 0.4) is 0 Å². The first-order valence-electron chi connectivity index (χ1n) is 6.87. The molecule has 0 aliphatic carbocycles. The quantitative estimate of drug-likeness (QED) is 0.680. The highest BCUT2D eigenvalue weighted by Gasteiger charge is 2.13. The molecule has 0 saturated carbocycles. The summed E-state index contributed by atoms with van der Waals surface area (Å²) in [7, 11) is 1.92. The molecule has 0 spiro atoms. The molecule has 9 heteroatoms. The topological polar surface area (TPSA) is 72.7 Å². The van der Waals surface area contributed by atoms with Gasteiger partial charge in [-0.2, -0.15) is 0 Å². The Labute approximate surface area is 146 Å². The first-order valence-corrected chi connectivity index (χ1v) is 9.62. The summed E-state index contributed by atoms with van der Waals surface area (Å²) in [5, 5.41) is 16.5. The maximum absolute atomic E-state index is 11.9. The monoisotopic (exact) mass is 365 g/mol. The third-order valence-corrected chi connectivity index (χ3v) is 5.81. The van der Waals surface area contributed by atoms with Crippen LogP contribution in [-0.4, -0.2) is 31.4 Å². The molecule has 0 aliphatic heterocycles. The normalized spacial score (nSPS) is 10.9.